The predicted molar refractivity (Wildman–Crippen MR) is 92.6 cm³/mol. The standard InChI is InChI=1S/C19H23N3O4/c1-13-4-3-5-15(21-13)9-24-16-6-7-26-19(8-16)10-22(11-19)18(23)17-14(2)20-12-25-17/h3-5,12,16H,6-11H2,1-2H3/t16-/m0/s1. The summed E-state index contributed by atoms with van der Waals surface area (Å²) >= 11 is 0. The number of likely N-dealkylation sites (tertiary alicyclic amines) is 1. The van der Waals surface area contributed by atoms with Gasteiger partial charge in [-0.25, -0.2) is 4.98 Å². The zero-order valence-electron chi connectivity index (χ0n) is 15.1. The molecule has 7 heteroatoms. The number of oxazole rings is 1. The maximum absolute atomic E-state index is 12.5. The average Bonchev–Trinajstić information content (AvgIpc) is 3.03. The van der Waals surface area contributed by atoms with Gasteiger partial charge in [0.05, 0.1) is 37.2 Å². The molecule has 2 aromatic heterocycles. The Balaban J connectivity index is 1.32. The van der Waals surface area contributed by atoms with Crippen LogP contribution in [0.5, 0.6) is 0 Å². The summed E-state index contributed by atoms with van der Waals surface area (Å²) in [5.74, 6) is 0.190. The van der Waals surface area contributed by atoms with Gasteiger partial charge in [0, 0.05) is 18.7 Å². The van der Waals surface area contributed by atoms with E-state index in [1.165, 1.54) is 6.39 Å². The molecule has 4 rings (SSSR count). The van der Waals surface area contributed by atoms with E-state index in [0.29, 0.717) is 37.8 Å². The van der Waals surface area contributed by atoms with Crippen LogP contribution >= 0.6 is 0 Å². The molecule has 1 spiro atoms. The molecule has 1 amide bonds. The molecule has 0 bridgehead atoms. The number of hydrogen-bond acceptors (Lipinski definition) is 6. The van der Waals surface area contributed by atoms with E-state index in [2.05, 4.69) is 9.97 Å². The monoisotopic (exact) mass is 357 g/mol. The first-order valence-electron chi connectivity index (χ1n) is 8.92. The van der Waals surface area contributed by atoms with Crippen LogP contribution in [-0.2, 0) is 16.1 Å². The molecule has 7 nitrogen and oxygen atoms in total. The lowest BCUT2D eigenvalue weighted by molar-refractivity contribution is -0.188. The molecule has 2 aliphatic rings. The lowest BCUT2D eigenvalue weighted by Crippen LogP contribution is -2.67. The Morgan fingerprint density at radius 2 is 2.23 bits per heavy atom. The molecule has 2 saturated heterocycles. The first-order valence-corrected chi connectivity index (χ1v) is 8.92. The highest BCUT2D eigenvalue weighted by Gasteiger charge is 2.50. The molecular weight excluding hydrogens is 334 g/mol. The fourth-order valence-corrected chi connectivity index (χ4v) is 3.67. The maximum atomic E-state index is 12.5. The van der Waals surface area contributed by atoms with Crippen LogP contribution in [0.2, 0.25) is 0 Å². The number of pyridine rings is 1. The van der Waals surface area contributed by atoms with Gasteiger partial charge in [-0.3, -0.25) is 9.78 Å². The van der Waals surface area contributed by atoms with Crippen molar-refractivity contribution in [3.05, 3.63) is 47.4 Å². The summed E-state index contributed by atoms with van der Waals surface area (Å²) in [6.07, 6.45) is 3.08. The Morgan fingerprint density at radius 3 is 2.96 bits per heavy atom. The number of nitrogens with zero attached hydrogens (tertiary/aromatic N) is 3. The van der Waals surface area contributed by atoms with Gasteiger partial charge in [-0.05, 0) is 32.4 Å². The van der Waals surface area contributed by atoms with Crippen LogP contribution in [0.25, 0.3) is 0 Å². The number of ether oxygens (including phenoxy) is 2. The van der Waals surface area contributed by atoms with Gasteiger partial charge < -0.3 is 18.8 Å². The minimum Gasteiger partial charge on any atom is -0.438 e. The molecular formula is C19H23N3O4. The zero-order chi connectivity index (χ0) is 18.1. The van der Waals surface area contributed by atoms with Gasteiger partial charge in [-0.15, -0.1) is 0 Å². The number of hydrogen-bond donors (Lipinski definition) is 0. The van der Waals surface area contributed by atoms with Crippen molar-refractivity contribution < 1.29 is 18.7 Å². The fourth-order valence-electron chi connectivity index (χ4n) is 3.67. The summed E-state index contributed by atoms with van der Waals surface area (Å²) in [7, 11) is 0. The SMILES string of the molecule is Cc1cccc(CO[C@H]2CCOC3(C2)CN(C(=O)c2ocnc2C)C3)n1. The summed E-state index contributed by atoms with van der Waals surface area (Å²) in [5.41, 5.74) is 2.25. The minimum atomic E-state index is -0.299. The van der Waals surface area contributed by atoms with Crippen molar-refractivity contribution in [2.45, 2.75) is 45.0 Å². The van der Waals surface area contributed by atoms with E-state index in [1.54, 1.807) is 11.8 Å². The second-order valence-corrected chi connectivity index (χ2v) is 7.16. The van der Waals surface area contributed by atoms with Gasteiger partial charge in [0.25, 0.3) is 5.91 Å². The quantitative estimate of drug-likeness (QED) is 0.835. The second-order valence-electron chi connectivity index (χ2n) is 7.16. The summed E-state index contributed by atoms with van der Waals surface area (Å²) in [5, 5.41) is 0. The fraction of sp³-hybridized carbons (Fsp3) is 0.526. The van der Waals surface area contributed by atoms with E-state index < -0.39 is 0 Å². The molecule has 0 aliphatic carbocycles. The van der Waals surface area contributed by atoms with Crippen molar-refractivity contribution >= 4 is 5.91 Å². The van der Waals surface area contributed by atoms with Gasteiger partial charge in [-0.2, -0.15) is 0 Å². The third-order valence-electron chi connectivity index (χ3n) is 5.05. The van der Waals surface area contributed by atoms with Crippen molar-refractivity contribution in [1.82, 2.24) is 14.9 Å². The first-order chi connectivity index (χ1) is 12.5. The van der Waals surface area contributed by atoms with E-state index >= 15 is 0 Å². The molecule has 26 heavy (non-hydrogen) atoms. The topological polar surface area (TPSA) is 77.7 Å². The van der Waals surface area contributed by atoms with E-state index in [1.807, 2.05) is 25.1 Å². The zero-order valence-corrected chi connectivity index (χ0v) is 15.1. The normalized spacial score (nSPS) is 21.6. The number of amides is 1. The second kappa shape index (κ2) is 6.81. The molecule has 0 aromatic carbocycles. The molecule has 0 N–H and O–H groups in total. The lowest BCUT2D eigenvalue weighted by atomic mass is 9.84. The smallest absolute Gasteiger partial charge is 0.291 e. The van der Waals surface area contributed by atoms with E-state index in [0.717, 1.165) is 24.2 Å². The molecule has 0 saturated carbocycles. The molecule has 2 fully saturated rings. The molecule has 0 unspecified atom stereocenters. The Hall–Kier alpha value is -2.25. The third-order valence-corrected chi connectivity index (χ3v) is 5.05. The lowest BCUT2D eigenvalue weighted by Gasteiger charge is -2.52. The molecule has 2 aliphatic heterocycles. The Bertz CT molecular complexity index is 798. The van der Waals surface area contributed by atoms with Crippen molar-refractivity contribution in [3.63, 3.8) is 0 Å². The average molecular weight is 357 g/mol. The van der Waals surface area contributed by atoms with Crippen LogP contribution in [0.3, 0.4) is 0 Å². The van der Waals surface area contributed by atoms with Crippen LogP contribution < -0.4 is 0 Å². The molecule has 2 aromatic rings. The minimum absolute atomic E-state index is 0.121. The summed E-state index contributed by atoms with van der Waals surface area (Å²) in [4.78, 5) is 22.7. The number of carbonyl (C=O) groups excluding carboxylic acids is 1. The van der Waals surface area contributed by atoms with Gasteiger partial charge in [0.2, 0.25) is 5.76 Å². The Kier molecular flexibility index (Phi) is 4.50. The molecule has 4 heterocycles. The van der Waals surface area contributed by atoms with Crippen LogP contribution in [0.15, 0.2) is 29.0 Å². The first kappa shape index (κ1) is 17.2. The van der Waals surface area contributed by atoms with Crippen LogP contribution in [0.1, 0.15) is 40.5 Å². The van der Waals surface area contributed by atoms with E-state index in [9.17, 15) is 4.79 Å². The number of carbonyl (C=O) groups is 1. The molecule has 1 atom stereocenters. The Morgan fingerprint density at radius 1 is 1.38 bits per heavy atom. The number of aryl methyl sites for hydroxylation is 2. The Labute approximate surface area is 152 Å². The van der Waals surface area contributed by atoms with Gasteiger partial charge >= 0.3 is 0 Å². The van der Waals surface area contributed by atoms with Crippen molar-refractivity contribution in [2.75, 3.05) is 19.7 Å². The largest absolute Gasteiger partial charge is 0.438 e. The van der Waals surface area contributed by atoms with Crippen molar-refractivity contribution in [2.24, 2.45) is 0 Å². The van der Waals surface area contributed by atoms with Gasteiger partial charge in [0.1, 0.15) is 5.60 Å². The number of rotatable bonds is 4. The highest BCUT2D eigenvalue weighted by atomic mass is 16.5. The highest BCUT2D eigenvalue weighted by molar-refractivity contribution is 5.93. The van der Waals surface area contributed by atoms with Crippen molar-refractivity contribution in [3.8, 4) is 0 Å². The maximum Gasteiger partial charge on any atom is 0.291 e. The highest BCUT2D eigenvalue weighted by Crippen LogP contribution is 2.36. The van der Waals surface area contributed by atoms with E-state index in [-0.39, 0.29) is 17.6 Å². The predicted octanol–water partition coefficient (Wildman–Crippen LogP) is 2.28. The number of aromatic nitrogens is 2. The van der Waals surface area contributed by atoms with Gasteiger partial charge in [-0.1, -0.05) is 6.07 Å². The molecule has 0 radical (unpaired) electrons. The summed E-state index contributed by atoms with van der Waals surface area (Å²) in [6, 6.07) is 5.95. The summed E-state index contributed by atoms with van der Waals surface area (Å²) < 4.78 is 17.3. The summed E-state index contributed by atoms with van der Waals surface area (Å²) in [6.45, 7) is 6.02. The molecule has 138 valence electrons. The van der Waals surface area contributed by atoms with Gasteiger partial charge in [0.15, 0.2) is 6.39 Å². The van der Waals surface area contributed by atoms with Crippen LogP contribution in [0.4, 0.5) is 0 Å². The van der Waals surface area contributed by atoms with E-state index in [4.69, 9.17) is 13.9 Å². The van der Waals surface area contributed by atoms with Crippen LogP contribution in [0, 0.1) is 13.8 Å². The van der Waals surface area contributed by atoms with Crippen LogP contribution in [-0.4, -0.2) is 52.2 Å². The van der Waals surface area contributed by atoms with Crippen molar-refractivity contribution in [1.29, 1.82) is 0 Å². The third kappa shape index (κ3) is 3.37.